The van der Waals surface area contributed by atoms with Crippen molar-refractivity contribution in [2.45, 2.75) is 39.0 Å². The van der Waals surface area contributed by atoms with E-state index in [0.717, 1.165) is 23.2 Å². The highest BCUT2D eigenvalue weighted by Crippen LogP contribution is 2.29. The first-order valence-electron chi connectivity index (χ1n) is 9.86. The van der Waals surface area contributed by atoms with Crippen LogP contribution in [0.2, 0.25) is 0 Å². The predicted octanol–water partition coefficient (Wildman–Crippen LogP) is 2.34. The van der Waals surface area contributed by atoms with Crippen molar-refractivity contribution in [1.82, 2.24) is 25.2 Å². The topological polar surface area (TPSA) is 103 Å². The Morgan fingerprint density at radius 2 is 2.13 bits per heavy atom. The molecule has 0 saturated carbocycles. The molecule has 5 rings (SSSR count). The number of hydrogen-bond acceptors (Lipinski definition) is 8. The van der Waals surface area contributed by atoms with E-state index in [-0.39, 0.29) is 24.7 Å². The van der Waals surface area contributed by atoms with Crippen molar-refractivity contribution >= 4 is 5.91 Å². The van der Waals surface area contributed by atoms with Crippen LogP contribution in [0.4, 0.5) is 0 Å². The van der Waals surface area contributed by atoms with Gasteiger partial charge in [-0.05, 0) is 38.5 Å². The van der Waals surface area contributed by atoms with Gasteiger partial charge in [-0.25, -0.2) is 0 Å². The molecule has 3 aromatic heterocycles. The molecule has 0 aromatic carbocycles. The van der Waals surface area contributed by atoms with Crippen LogP contribution in [0.1, 0.15) is 33.9 Å². The van der Waals surface area contributed by atoms with E-state index in [1.54, 1.807) is 18.3 Å². The number of rotatable bonds is 5. The second kappa shape index (κ2) is 7.49. The summed E-state index contributed by atoms with van der Waals surface area (Å²) in [6, 6.07) is 7.30. The predicted molar refractivity (Wildman–Crippen MR) is 105 cm³/mol. The molecule has 154 valence electrons. The van der Waals surface area contributed by atoms with Crippen molar-refractivity contribution in [3.05, 3.63) is 53.2 Å². The Morgan fingerprint density at radius 3 is 2.80 bits per heavy atom. The molecule has 3 aromatic rings. The van der Waals surface area contributed by atoms with Crippen LogP contribution in [-0.2, 0) is 11.3 Å². The van der Waals surface area contributed by atoms with Crippen LogP contribution < -0.4 is 4.74 Å². The minimum Gasteiger partial charge on any atom is -0.472 e. The third-order valence-electron chi connectivity index (χ3n) is 5.55. The number of ether oxygens (including phenoxy) is 2. The number of hydrogen-bond donors (Lipinski definition) is 0. The van der Waals surface area contributed by atoms with Gasteiger partial charge in [0.2, 0.25) is 5.88 Å². The maximum absolute atomic E-state index is 12.7. The normalized spacial score (nSPS) is 20.0. The SMILES string of the molecule is Cc1ccc(-c2noc(C)c2COc2ccc(C(=O)N3CC4CC3CO4)nn2)cn1. The van der Waals surface area contributed by atoms with E-state index in [1.165, 1.54) is 0 Å². The molecule has 1 amide bonds. The lowest BCUT2D eigenvalue weighted by Crippen LogP contribution is -2.41. The highest BCUT2D eigenvalue weighted by atomic mass is 16.5. The van der Waals surface area contributed by atoms with Crippen LogP contribution in [0.25, 0.3) is 11.3 Å². The molecule has 2 fully saturated rings. The van der Waals surface area contributed by atoms with Crippen LogP contribution in [0.15, 0.2) is 35.0 Å². The Labute approximate surface area is 173 Å². The zero-order chi connectivity index (χ0) is 20.7. The fourth-order valence-corrected chi connectivity index (χ4v) is 3.85. The molecule has 2 aliphatic rings. The van der Waals surface area contributed by atoms with Gasteiger partial charge in [-0.3, -0.25) is 9.78 Å². The number of likely N-dealkylation sites (tertiary alicyclic amines) is 1. The fraction of sp³-hybridized carbons (Fsp3) is 0.381. The Bertz CT molecular complexity index is 1060. The van der Waals surface area contributed by atoms with Crippen molar-refractivity contribution < 1.29 is 18.8 Å². The Kier molecular flexibility index (Phi) is 4.66. The number of carbonyl (C=O) groups is 1. The first-order valence-corrected chi connectivity index (χ1v) is 9.86. The fourth-order valence-electron chi connectivity index (χ4n) is 3.85. The maximum Gasteiger partial charge on any atom is 0.274 e. The Hall–Kier alpha value is -3.33. The van der Waals surface area contributed by atoms with Crippen molar-refractivity contribution in [1.29, 1.82) is 0 Å². The minimum absolute atomic E-state index is 0.117. The summed E-state index contributed by atoms with van der Waals surface area (Å²) in [5.74, 6) is 0.872. The summed E-state index contributed by atoms with van der Waals surface area (Å²) in [5.41, 5.74) is 3.59. The van der Waals surface area contributed by atoms with Crippen molar-refractivity contribution in [2.75, 3.05) is 13.2 Å². The van der Waals surface area contributed by atoms with Gasteiger partial charge in [0.05, 0.1) is 24.3 Å². The van der Waals surface area contributed by atoms with E-state index in [0.29, 0.717) is 36.2 Å². The van der Waals surface area contributed by atoms with E-state index in [1.807, 2.05) is 30.9 Å². The van der Waals surface area contributed by atoms with Gasteiger partial charge >= 0.3 is 0 Å². The standard InChI is InChI=1S/C21H21N5O4/c1-12-3-4-14(8-22-12)20-17(13(2)30-25-20)11-29-19-6-5-18(23-24-19)21(27)26-9-16-7-15(26)10-28-16/h3-6,8,15-16H,7,9-11H2,1-2H3. The summed E-state index contributed by atoms with van der Waals surface area (Å²) in [5, 5.41) is 12.3. The zero-order valence-corrected chi connectivity index (χ0v) is 16.7. The maximum atomic E-state index is 12.7. The molecule has 30 heavy (non-hydrogen) atoms. The van der Waals surface area contributed by atoms with Gasteiger partial charge in [0.15, 0.2) is 5.69 Å². The quantitative estimate of drug-likeness (QED) is 0.635. The smallest absolute Gasteiger partial charge is 0.274 e. The molecular formula is C21H21N5O4. The molecule has 9 nitrogen and oxygen atoms in total. The van der Waals surface area contributed by atoms with E-state index < -0.39 is 0 Å². The molecule has 2 atom stereocenters. The van der Waals surface area contributed by atoms with Gasteiger partial charge in [0.1, 0.15) is 18.1 Å². The average Bonchev–Trinajstić information content (AvgIpc) is 3.49. The lowest BCUT2D eigenvalue weighted by Gasteiger charge is -2.26. The van der Waals surface area contributed by atoms with Crippen LogP contribution in [0, 0.1) is 13.8 Å². The largest absolute Gasteiger partial charge is 0.472 e. The molecule has 0 radical (unpaired) electrons. The first kappa shape index (κ1) is 18.7. The van der Waals surface area contributed by atoms with Gasteiger partial charge < -0.3 is 18.9 Å². The third kappa shape index (κ3) is 3.41. The zero-order valence-electron chi connectivity index (χ0n) is 16.7. The van der Waals surface area contributed by atoms with Crippen molar-refractivity contribution in [2.24, 2.45) is 0 Å². The van der Waals surface area contributed by atoms with Gasteiger partial charge in [-0.1, -0.05) is 5.16 Å². The highest BCUT2D eigenvalue weighted by molar-refractivity contribution is 5.92. The molecule has 0 spiro atoms. The number of carbonyl (C=O) groups excluding carboxylic acids is 1. The number of nitrogens with zero attached hydrogens (tertiary/aromatic N) is 5. The van der Waals surface area contributed by atoms with Crippen molar-refractivity contribution in [3.63, 3.8) is 0 Å². The average molecular weight is 407 g/mol. The first-order chi connectivity index (χ1) is 14.6. The summed E-state index contributed by atoms with van der Waals surface area (Å²) in [6.07, 6.45) is 2.81. The van der Waals surface area contributed by atoms with E-state index in [4.69, 9.17) is 14.0 Å². The summed E-state index contributed by atoms with van der Waals surface area (Å²) in [7, 11) is 0. The lowest BCUT2D eigenvalue weighted by atomic mass is 10.1. The molecule has 2 bridgehead atoms. The summed E-state index contributed by atoms with van der Waals surface area (Å²) in [6.45, 7) is 5.19. The number of pyridine rings is 1. The summed E-state index contributed by atoms with van der Waals surface area (Å²) >= 11 is 0. The number of amides is 1. The second-order valence-electron chi connectivity index (χ2n) is 7.60. The van der Waals surface area contributed by atoms with Crippen LogP contribution in [-0.4, -0.2) is 56.4 Å². The lowest BCUT2D eigenvalue weighted by molar-refractivity contribution is 0.0255. The molecular weight excluding hydrogens is 386 g/mol. The van der Waals surface area contributed by atoms with Gasteiger partial charge in [0.25, 0.3) is 5.91 Å². The molecule has 9 heteroatoms. The van der Waals surface area contributed by atoms with Crippen LogP contribution in [0.3, 0.4) is 0 Å². The molecule has 0 aliphatic carbocycles. The summed E-state index contributed by atoms with van der Waals surface area (Å²) < 4.78 is 16.7. The van der Waals surface area contributed by atoms with Crippen LogP contribution >= 0.6 is 0 Å². The molecule has 2 aliphatic heterocycles. The molecule has 0 N–H and O–H groups in total. The summed E-state index contributed by atoms with van der Waals surface area (Å²) in [4.78, 5) is 18.8. The number of aromatic nitrogens is 4. The van der Waals surface area contributed by atoms with E-state index in [9.17, 15) is 4.79 Å². The van der Waals surface area contributed by atoms with Crippen molar-refractivity contribution in [3.8, 4) is 17.1 Å². The third-order valence-corrected chi connectivity index (χ3v) is 5.55. The second-order valence-corrected chi connectivity index (χ2v) is 7.60. The molecule has 2 unspecified atom stereocenters. The van der Waals surface area contributed by atoms with Gasteiger partial charge in [-0.2, -0.15) is 0 Å². The van der Waals surface area contributed by atoms with Gasteiger partial charge in [0, 0.05) is 30.1 Å². The minimum atomic E-state index is -0.117. The number of fused-ring (bicyclic) bond motifs is 2. The molecule has 5 heterocycles. The Balaban J connectivity index is 1.27. The van der Waals surface area contributed by atoms with E-state index >= 15 is 0 Å². The van der Waals surface area contributed by atoms with Crippen LogP contribution in [0.5, 0.6) is 5.88 Å². The highest BCUT2D eigenvalue weighted by Gasteiger charge is 2.42. The number of morpholine rings is 1. The van der Waals surface area contributed by atoms with E-state index in [2.05, 4.69) is 20.3 Å². The Morgan fingerprint density at radius 1 is 1.23 bits per heavy atom. The molecule has 2 saturated heterocycles. The number of aryl methyl sites for hydroxylation is 2. The monoisotopic (exact) mass is 407 g/mol. The van der Waals surface area contributed by atoms with Gasteiger partial charge in [-0.15, -0.1) is 10.2 Å².